The van der Waals surface area contributed by atoms with Gasteiger partial charge in [0, 0.05) is 11.6 Å². The zero-order valence-corrected chi connectivity index (χ0v) is 21.2. The van der Waals surface area contributed by atoms with Gasteiger partial charge in [-0.2, -0.15) is 9.78 Å². The van der Waals surface area contributed by atoms with Crippen LogP contribution < -0.4 is 15.9 Å². The number of nitrogens with one attached hydrogen (secondary N) is 1. The zero-order chi connectivity index (χ0) is 26.3. The molecule has 0 aliphatic carbocycles. The Hall–Kier alpha value is -4.29. The molecule has 38 heavy (non-hydrogen) atoms. The number of carbonyl (C=O) groups is 1. The highest BCUT2D eigenvalue weighted by Crippen LogP contribution is 2.19. The molecule has 0 bridgehead atoms. The highest BCUT2D eigenvalue weighted by molar-refractivity contribution is 6.30. The minimum Gasteiger partial charge on any atom is -0.489 e. The number of aromatic nitrogens is 5. The van der Waals surface area contributed by atoms with Gasteiger partial charge in [-0.05, 0) is 71.6 Å². The summed E-state index contributed by atoms with van der Waals surface area (Å²) in [6, 6.07) is 14.8. The molecule has 1 aliphatic rings. The van der Waals surface area contributed by atoms with E-state index in [1.807, 2.05) is 48.5 Å². The number of anilines is 1. The van der Waals surface area contributed by atoms with Gasteiger partial charge in [-0.3, -0.25) is 9.69 Å². The van der Waals surface area contributed by atoms with Crippen LogP contribution in [0.5, 0.6) is 5.75 Å². The van der Waals surface area contributed by atoms with Crippen LogP contribution in [0.15, 0.2) is 58.3 Å². The SMILES string of the molecule is Nc1nonc1-n1nnc(CN2CCCCC2)c1C(=O)N/N=C/c1cccc(OCc2ccc(Cl)cc2)c1. The third kappa shape index (κ3) is 6.15. The third-order valence-electron chi connectivity index (χ3n) is 6.03. The average molecular weight is 536 g/mol. The number of benzene rings is 2. The van der Waals surface area contributed by atoms with Crippen LogP contribution in [-0.2, 0) is 13.2 Å². The molecule has 5 rings (SSSR count). The van der Waals surface area contributed by atoms with E-state index in [1.165, 1.54) is 17.3 Å². The van der Waals surface area contributed by atoms with Crippen LogP contribution in [-0.4, -0.2) is 55.4 Å². The molecule has 1 fully saturated rings. The molecule has 0 atom stereocenters. The molecular weight excluding hydrogens is 510 g/mol. The maximum atomic E-state index is 13.2. The van der Waals surface area contributed by atoms with Gasteiger partial charge in [-0.1, -0.05) is 47.5 Å². The van der Waals surface area contributed by atoms with Crippen molar-refractivity contribution in [2.45, 2.75) is 32.4 Å². The Kier molecular flexibility index (Phi) is 7.90. The predicted octanol–water partition coefficient (Wildman–Crippen LogP) is 3.21. The first-order valence-corrected chi connectivity index (χ1v) is 12.5. The normalized spacial score (nSPS) is 14.1. The second kappa shape index (κ2) is 11.8. The van der Waals surface area contributed by atoms with Crippen LogP contribution in [0.1, 0.15) is 46.6 Å². The Morgan fingerprint density at radius 1 is 1.16 bits per heavy atom. The summed E-state index contributed by atoms with van der Waals surface area (Å²) in [6.45, 7) is 2.71. The van der Waals surface area contributed by atoms with Gasteiger partial charge in [0.1, 0.15) is 18.1 Å². The molecule has 0 saturated carbocycles. The van der Waals surface area contributed by atoms with Crippen LogP contribution in [0.2, 0.25) is 5.02 Å². The standard InChI is InChI=1S/C25H26ClN9O3/c26-19-9-7-17(8-10-19)16-37-20-6-4-5-18(13-20)14-28-30-25(36)22-21(15-34-11-2-1-3-12-34)29-33-35(22)24-23(27)31-38-32-24/h4-10,13-14H,1-3,11-12,15-16H2,(H2,27,31)(H,30,36)/b28-14+. The van der Waals surface area contributed by atoms with Crippen molar-refractivity contribution in [3.63, 3.8) is 0 Å². The van der Waals surface area contributed by atoms with Gasteiger partial charge in [0.25, 0.3) is 5.91 Å². The number of nitrogen functional groups attached to an aromatic ring is 1. The summed E-state index contributed by atoms with van der Waals surface area (Å²) in [6.07, 6.45) is 4.92. The van der Waals surface area contributed by atoms with Crippen molar-refractivity contribution in [3.05, 3.63) is 76.1 Å². The van der Waals surface area contributed by atoms with Crippen molar-refractivity contribution in [3.8, 4) is 11.6 Å². The van der Waals surface area contributed by atoms with Crippen molar-refractivity contribution in [2.75, 3.05) is 18.8 Å². The van der Waals surface area contributed by atoms with Crippen LogP contribution in [0.4, 0.5) is 5.82 Å². The molecule has 13 heteroatoms. The van der Waals surface area contributed by atoms with Gasteiger partial charge in [0.2, 0.25) is 11.6 Å². The molecule has 4 aromatic rings. The minimum absolute atomic E-state index is 0.00705. The molecule has 1 amide bonds. The van der Waals surface area contributed by atoms with Crippen molar-refractivity contribution >= 4 is 29.5 Å². The Morgan fingerprint density at radius 2 is 1.97 bits per heavy atom. The second-order valence-electron chi connectivity index (χ2n) is 8.79. The fourth-order valence-electron chi connectivity index (χ4n) is 4.11. The number of amides is 1. The Labute approximate surface area is 223 Å². The van der Waals surface area contributed by atoms with Crippen LogP contribution >= 0.6 is 11.6 Å². The van der Waals surface area contributed by atoms with E-state index in [0.29, 0.717) is 29.6 Å². The first-order valence-electron chi connectivity index (χ1n) is 12.1. The maximum Gasteiger partial charge on any atom is 0.292 e. The minimum atomic E-state index is -0.518. The average Bonchev–Trinajstić information content (AvgIpc) is 3.54. The molecule has 196 valence electrons. The lowest BCUT2D eigenvalue weighted by molar-refractivity contribution is 0.0944. The first-order chi connectivity index (χ1) is 18.6. The third-order valence-corrected chi connectivity index (χ3v) is 6.28. The number of hydrogen-bond acceptors (Lipinski definition) is 10. The Morgan fingerprint density at radius 3 is 2.74 bits per heavy atom. The van der Waals surface area contributed by atoms with Crippen LogP contribution in [0.25, 0.3) is 5.82 Å². The van der Waals surface area contributed by atoms with Crippen molar-refractivity contribution in [1.29, 1.82) is 0 Å². The predicted molar refractivity (Wildman–Crippen MR) is 140 cm³/mol. The second-order valence-corrected chi connectivity index (χ2v) is 9.23. The highest BCUT2D eigenvalue weighted by atomic mass is 35.5. The Bertz CT molecular complexity index is 1410. The van der Waals surface area contributed by atoms with E-state index in [2.05, 4.69) is 36.1 Å². The largest absolute Gasteiger partial charge is 0.489 e. The van der Waals surface area contributed by atoms with Gasteiger partial charge < -0.3 is 10.5 Å². The molecule has 0 radical (unpaired) electrons. The quantitative estimate of drug-likeness (QED) is 0.243. The number of hydrogen-bond donors (Lipinski definition) is 2. The van der Waals surface area contributed by atoms with E-state index in [-0.39, 0.29) is 17.3 Å². The summed E-state index contributed by atoms with van der Waals surface area (Å²) in [5, 5.41) is 20.5. The summed E-state index contributed by atoms with van der Waals surface area (Å²) >= 11 is 5.94. The molecule has 1 aliphatic heterocycles. The molecule has 2 aromatic heterocycles. The molecule has 0 unspecified atom stereocenters. The molecule has 12 nitrogen and oxygen atoms in total. The Balaban J connectivity index is 1.28. The molecule has 2 aromatic carbocycles. The smallest absolute Gasteiger partial charge is 0.292 e. The highest BCUT2D eigenvalue weighted by Gasteiger charge is 2.26. The van der Waals surface area contributed by atoms with E-state index < -0.39 is 5.91 Å². The monoisotopic (exact) mass is 535 g/mol. The maximum absolute atomic E-state index is 13.2. The molecule has 1 saturated heterocycles. The van der Waals surface area contributed by atoms with Crippen molar-refractivity contribution in [1.82, 2.24) is 35.6 Å². The number of likely N-dealkylation sites (tertiary alicyclic amines) is 1. The van der Waals surface area contributed by atoms with Crippen LogP contribution in [0.3, 0.4) is 0 Å². The van der Waals surface area contributed by atoms with E-state index >= 15 is 0 Å². The van der Waals surface area contributed by atoms with Gasteiger partial charge in [0.15, 0.2) is 5.69 Å². The van der Waals surface area contributed by atoms with E-state index in [0.717, 1.165) is 37.1 Å². The summed E-state index contributed by atoms with van der Waals surface area (Å²) in [5.74, 6) is 0.223. The summed E-state index contributed by atoms with van der Waals surface area (Å²) in [5.41, 5.74) is 10.8. The number of nitrogens with zero attached hydrogens (tertiary/aromatic N) is 7. The first kappa shape index (κ1) is 25.4. The lowest BCUT2D eigenvalue weighted by Gasteiger charge is -2.25. The summed E-state index contributed by atoms with van der Waals surface area (Å²) in [4.78, 5) is 15.5. The summed E-state index contributed by atoms with van der Waals surface area (Å²) < 4.78 is 11.8. The van der Waals surface area contributed by atoms with Crippen molar-refractivity contribution < 1.29 is 14.2 Å². The fraction of sp³-hybridized carbons (Fsp3) is 0.280. The molecular formula is C25H26ClN9O3. The number of piperidine rings is 1. The van der Waals surface area contributed by atoms with Crippen molar-refractivity contribution in [2.24, 2.45) is 5.10 Å². The lowest BCUT2D eigenvalue weighted by atomic mass is 10.1. The zero-order valence-electron chi connectivity index (χ0n) is 20.5. The van der Waals surface area contributed by atoms with E-state index in [9.17, 15) is 4.79 Å². The molecule has 0 spiro atoms. The molecule has 3 heterocycles. The fourth-order valence-corrected chi connectivity index (χ4v) is 4.24. The van der Waals surface area contributed by atoms with E-state index in [4.69, 9.17) is 26.7 Å². The number of ether oxygens (including phenoxy) is 1. The topological polar surface area (TPSA) is 150 Å². The molecule has 3 N–H and O–H groups in total. The number of carbonyl (C=O) groups excluding carboxylic acids is 1. The van der Waals surface area contributed by atoms with Crippen LogP contribution in [0, 0.1) is 0 Å². The number of hydrazone groups is 1. The van der Waals surface area contributed by atoms with Gasteiger partial charge in [-0.15, -0.1) is 5.10 Å². The summed E-state index contributed by atoms with van der Waals surface area (Å²) in [7, 11) is 0. The number of nitrogens with two attached hydrogens (primary N) is 1. The van der Waals surface area contributed by atoms with Gasteiger partial charge in [-0.25, -0.2) is 10.1 Å². The number of halogens is 1. The number of rotatable bonds is 9. The lowest BCUT2D eigenvalue weighted by Crippen LogP contribution is -2.31. The van der Waals surface area contributed by atoms with Gasteiger partial charge in [0.05, 0.1) is 6.21 Å². The van der Waals surface area contributed by atoms with Gasteiger partial charge >= 0.3 is 0 Å². The van der Waals surface area contributed by atoms with E-state index in [1.54, 1.807) is 0 Å².